The molecule has 0 saturated carbocycles. The van der Waals surface area contributed by atoms with Gasteiger partial charge < -0.3 is 25.2 Å². The molecule has 2 unspecified atom stereocenters. The smallest absolute Gasteiger partial charge is 0.309 e. The molecule has 8 heteroatoms. The van der Waals surface area contributed by atoms with E-state index in [1.807, 2.05) is 45.0 Å². The van der Waals surface area contributed by atoms with Crippen molar-refractivity contribution in [3.63, 3.8) is 0 Å². The topological polar surface area (TPSA) is 115 Å². The normalized spacial score (nSPS) is 19.1. The first-order chi connectivity index (χ1) is 16.2. The van der Waals surface area contributed by atoms with Crippen LogP contribution >= 0.6 is 0 Å². The Hall–Kier alpha value is -4.07. The number of aliphatic carboxylic acids is 1. The lowest BCUT2D eigenvalue weighted by Gasteiger charge is -2.41. The Balaban J connectivity index is 1.95. The van der Waals surface area contributed by atoms with Crippen LogP contribution in [0.2, 0.25) is 0 Å². The molecule has 34 heavy (non-hydrogen) atoms. The lowest BCUT2D eigenvalue weighted by atomic mass is 9.88. The van der Waals surface area contributed by atoms with E-state index >= 15 is 0 Å². The summed E-state index contributed by atoms with van der Waals surface area (Å²) < 4.78 is 12.1. The third-order valence-electron chi connectivity index (χ3n) is 5.64. The summed E-state index contributed by atoms with van der Waals surface area (Å²) in [7, 11) is 0. The fraction of sp³-hybridized carbons (Fsp3) is 0.269. The number of carbonyl (C=O) groups is 2. The molecule has 0 spiro atoms. The molecular weight excluding hydrogens is 434 g/mol. The molecule has 3 N–H and O–H groups in total. The van der Waals surface area contributed by atoms with Gasteiger partial charge in [0, 0.05) is 23.6 Å². The first kappa shape index (κ1) is 23.1. The van der Waals surface area contributed by atoms with Crippen LogP contribution in [0.25, 0.3) is 0 Å². The van der Waals surface area contributed by atoms with Crippen molar-refractivity contribution >= 4 is 23.3 Å². The quantitative estimate of drug-likeness (QED) is 0.518. The molecule has 1 aromatic heterocycles. The standard InChI is InChI=1S/C26H27N3O5/c1-16(2)33-19-10-8-18(9-11-19)29-21-14-17(3)7-12-20(21)24(25(27)32)26(29,15-23(30)31)34-22-6-4-5-13-28-22/h4-14,16,24H,15H2,1-3H3,(H2,27,32)(H,30,31). The summed E-state index contributed by atoms with van der Waals surface area (Å²) in [4.78, 5) is 31.0. The number of carboxylic acids is 1. The van der Waals surface area contributed by atoms with Crippen LogP contribution < -0.4 is 20.1 Å². The van der Waals surface area contributed by atoms with Gasteiger partial charge in [0.2, 0.25) is 17.5 Å². The summed E-state index contributed by atoms with van der Waals surface area (Å²) in [5, 5.41) is 9.96. The molecule has 3 aromatic rings. The van der Waals surface area contributed by atoms with Crippen LogP contribution in [0.5, 0.6) is 11.6 Å². The molecule has 176 valence electrons. The van der Waals surface area contributed by atoms with Gasteiger partial charge in [0.15, 0.2) is 0 Å². The maximum Gasteiger partial charge on any atom is 0.309 e. The third kappa shape index (κ3) is 4.26. The van der Waals surface area contributed by atoms with Crippen LogP contribution in [0.4, 0.5) is 11.4 Å². The number of nitrogens with zero attached hydrogens (tertiary/aromatic N) is 2. The molecule has 2 aromatic carbocycles. The SMILES string of the molecule is Cc1ccc2c(c1)N(c1ccc(OC(C)C)cc1)C(CC(=O)O)(Oc1ccccn1)C2C(N)=O. The molecule has 1 amide bonds. The number of rotatable bonds is 8. The Morgan fingerprint density at radius 3 is 2.47 bits per heavy atom. The molecule has 0 radical (unpaired) electrons. The highest BCUT2D eigenvalue weighted by Gasteiger charge is 2.58. The third-order valence-corrected chi connectivity index (χ3v) is 5.64. The van der Waals surface area contributed by atoms with Gasteiger partial charge in [-0.05, 0) is 68.3 Å². The van der Waals surface area contributed by atoms with Gasteiger partial charge in [-0.15, -0.1) is 0 Å². The molecule has 8 nitrogen and oxygen atoms in total. The van der Waals surface area contributed by atoms with Gasteiger partial charge in [0.05, 0.1) is 6.10 Å². The average Bonchev–Trinajstić information content (AvgIpc) is 3.02. The Kier molecular flexibility index (Phi) is 6.15. The second kappa shape index (κ2) is 9.05. The fourth-order valence-electron chi connectivity index (χ4n) is 4.47. The fourth-order valence-corrected chi connectivity index (χ4v) is 4.47. The average molecular weight is 462 g/mol. The number of hydrogen-bond donors (Lipinski definition) is 2. The number of benzene rings is 2. The van der Waals surface area contributed by atoms with Crippen molar-refractivity contribution in [1.29, 1.82) is 0 Å². The van der Waals surface area contributed by atoms with Gasteiger partial charge in [0.1, 0.15) is 18.1 Å². The van der Waals surface area contributed by atoms with Crippen LogP contribution in [-0.4, -0.2) is 33.8 Å². The monoisotopic (exact) mass is 461 g/mol. The van der Waals surface area contributed by atoms with E-state index in [9.17, 15) is 14.7 Å². The minimum atomic E-state index is -1.68. The lowest BCUT2D eigenvalue weighted by molar-refractivity contribution is -0.143. The number of carbonyl (C=O) groups excluding carboxylic acids is 1. The Bertz CT molecular complexity index is 1200. The van der Waals surface area contributed by atoms with Gasteiger partial charge in [-0.25, -0.2) is 4.98 Å². The van der Waals surface area contributed by atoms with Crippen molar-refractivity contribution in [2.45, 2.75) is 44.9 Å². The summed E-state index contributed by atoms with van der Waals surface area (Å²) in [6.45, 7) is 5.79. The number of fused-ring (bicyclic) bond motifs is 1. The highest BCUT2D eigenvalue weighted by molar-refractivity contribution is 5.93. The molecule has 0 bridgehead atoms. The van der Waals surface area contributed by atoms with E-state index in [2.05, 4.69) is 4.98 Å². The largest absolute Gasteiger partial charge is 0.491 e. The van der Waals surface area contributed by atoms with Gasteiger partial charge in [-0.2, -0.15) is 0 Å². The van der Waals surface area contributed by atoms with Crippen molar-refractivity contribution in [2.75, 3.05) is 4.90 Å². The zero-order chi connectivity index (χ0) is 24.5. The molecule has 0 fully saturated rings. The minimum Gasteiger partial charge on any atom is -0.491 e. The van der Waals surface area contributed by atoms with Crippen LogP contribution in [0.15, 0.2) is 66.9 Å². The van der Waals surface area contributed by atoms with Gasteiger partial charge in [0.25, 0.3) is 0 Å². The predicted octanol–water partition coefficient (Wildman–Crippen LogP) is 4.15. The highest BCUT2D eigenvalue weighted by Crippen LogP contribution is 2.54. The number of primary amides is 1. The number of hydrogen-bond acceptors (Lipinski definition) is 6. The number of nitrogens with two attached hydrogens (primary N) is 1. The molecule has 1 aliphatic rings. The van der Waals surface area contributed by atoms with Crippen molar-refractivity contribution in [2.24, 2.45) is 5.73 Å². The van der Waals surface area contributed by atoms with Crippen LogP contribution in [-0.2, 0) is 9.59 Å². The molecule has 2 heterocycles. The van der Waals surface area contributed by atoms with Gasteiger partial charge >= 0.3 is 5.97 Å². The maximum absolute atomic E-state index is 12.9. The molecule has 2 atom stereocenters. The second-order valence-electron chi connectivity index (χ2n) is 8.58. The van der Waals surface area contributed by atoms with Crippen LogP contribution in [0.3, 0.4) is 0 Å². The lowest BCUT2D eigenvalue weighted by Crippen LogP contribution is -2.56. The van der Waals surface area contributed by atoms with Crippen molar-refractivity contribution < 1.29 is 24.2 Å². The number of carboxylic acid groups (broad SMARTS) is 1. The van der Waals surface area contributed by atoms with Crippen LogP contribution in [0.1, 0.15) is 37.3 Å². The number of aromatic nitrogens is 1. The van der Waals surface area contributed by atoms with E-state index in [1.165, 1.54) is 6.20 Å². The first-order valence-corrected chi connectivity index (χ1v) is 11.0. The minimum absolute atomic E-state index is 0.00107. The van der Waals surface area contributed by atoms with Crippen LogP contribution in [0, 0.1) is 6.92 Å². The van der Waals surface area contributed by atoms with E-state index in [1.54, 1.807) is 41.3 Å². The number of aryl methyl sites for hydroxylation is 1. The van der Waals surface area contributed by atoms with E-state index in [4.69, 9.17) is 15.2 Å². The zero-order valence-corrected chi connectivity index (χ0v) is 19.3. The summed E-state index contributed by atoms with van der Waals surface area (Å²) >= 11 is 0. The molecule has 1 aliphatic heterocycles. The van der Waals surface area contributed by atoms with Crippen molar-refractivity contribution in [1.82, 2.24) is 4.98 Å². The second-order valence-corrected chi connectivity index (χ2v) is 8.58. The summed E-state index contributed by atoms with van der Waals surface area (Å²) in [5.41, 5.74) is 7.03. The van der Waals surface area contributed by atoms with E-state index in [0.717, 1.165) is 5.56 Å². The molecular formula is C26H27N3O5. The summed E-state index contributed by atoms with van der Waals surface area (Å²) in [6.07, 6.45) is 1.02. The van der Waals surface area contributed by atoms with Crippen molar-refractivity contribution in [3.8, 4) is 11.6 Å². The highest BCUT2D eigenvalue weighted by atomic mass is 16.5. The van der Waals surface area contributed by atoms with E-state index < -0.39 is 29.9 Å². The van der Waals surface area contributed by atoms with Crippen molar-refractivity contribution in [3.05, 3.63) is 78.0 Å². The Morgan fingerprint density at radius 2 is 1.88 bits per heavy atom. The summed E-state index contributed by atoms with van der Waals surface area (Å²) in [6, 6.07) is 17.9. The van der Waals surface area contributed by atoms with E-state index in [-0.39, 0.29) is 12.0 Å². The van der Waals surface area contributed by atoms with E-state index in [0.29, 0.717) is 22.7 Å². The maximum atomic E-state index is 12.9. The number of anilines is 2. The summed E-state index contributed by atoms with van der Waals surface area (Å²) in [5.74, 6) is -2.04. The van der Waals surface area contributed by atoms with Gasteiger partial charge in [-0.3, -0.25) is 9.59 Å². The first-order valence-electron chi connectivity index (χ1n) is 11.0. The Morgan fingerprint density at radius 1 is 1.15 bits per heavy atom. The predicted molar refractivity (Wildman–Crippen MR) is 127 cm³/mol. The number of pyridine rings is 1. The number of ether oxygens (including phenoxy) is 2. The zero-order valence-electron chi connectivity index (χ0n) is 19.3. The number of amides is 1. The molecule has 0 saturated heterocycles. The molecule has 4 rings (SSSR count). The van der Waals surface area contributed by atoms with Gasteiger partial charge in [-0.1, -0.05) is 18.2 Å². The Labute approximate surface area is 197 Å². The molecule has 0 aliphatic carbocycles.